The SMILES string of the molecule is Cc1cccc(C)c1-n1c(-c2ccc(C(F)(F)F)cc2)csc1=N. The largest absolute Gasteiger partial charge is 0.416 e. The normalized spacial score (nSPS) is 11.7. The summed E-state index contributed by atoms with van der Waals surface area (Å²) in [6, 6.07) is 10.9. The van der Waals surface area contributed by atoms with Crippen molar-refractivity contribution >= 4 is 11.3 Å². The van der Waals surface area contributed by atoms with Gasteiger partial charge in [0.1, 0.15) is 0 Å². The van der Waals surface area contributed by atoms with Crippen LogP contribution >= 0.6 is 11.3 Å². The van der Waals surface area contributed by atoms with Crippen LogP contribution in [0.4, 0.5) is 13.2 Å². The Balaban J connectivity index is 2.17. The summed E-state index contributed by atoms with van der Waals surface area (Å²) >= 11 is 1.26. The van der Waals surface area contributed by atoms with Crippen molar-refractivity contribution in [2.24, 2.45) is 0 Å². The number of hydrogen-bond donors (Lipinski definition) is 1. The highest BCUT2D eigenvalue weighted by Crippen LogP contribution is 2.32. The Morgan fingerprint density at radius 3 is 2.08 bits per heavy atom. The molecule has 1 aromatic heterocycles. The zero-order valence-corrected chi connectivity index (χ0v) is 13.9. The minimum absolute atomic E-state index is 0.335. The zero-order chi connectivity index (χ0) is 17.5. The Morgan fingerprint density at radius 2 is 1.54 bits per heavy atom. The number of thiazole rings is 1. The molecule has 1 N–H and O–H groups in total. The Hall–Kier alpha value is -2.34. The molecule has 3 rings (SSSR count). The highest BCUT2D eigenvalue weighted by atomic mass is 32.1. The minimum atomic E-state index is -4.35. The van der Waals surface area contributed by atoms with Crippen LogP contribution in [0.25, 0.3) is 16.9 Å². The van der Waals surface area contributed by atoms with E-state index in [0.717, 1.165) is 34.6 Å². The summed E-state index contributed by atoms with van der Waals surface area (Å²) in [6.45, 7) is 3.92. The van der Waals surface area contributed by atoms with Crippen molar-refractivity contribution in [1.29, 1.82) is 5.41 Å². The van der Waals surface area contributed by atoms with Crippen molar-refractivity contribution in [3.05, 3.63) is 69.3 Å². The van der Waals surface area contributed by atoms with Gasteiger partial charge in [0.15, 0.2) is 4.80 Å². The fraction of sp³-hybridized carbons (Fsp3) is 0.167. The summed E-state index contributed by atoms with van der Waals surface area (Å²) in [5, 5.41) is 10.0. The van der Waals surface area contributed by atoms with Crippen molar-refractivity contribution in [3.8, 4) is 16.9 Å². The van der Waals surface area contributed by atoms with Gasteiger partial charge in [-0.2, -0.15) is 13.2 Å². The number of alkyl halides is 3. The molecule has 0 aliphatic rings. The molecule has 124 valence electrons. The number of nitrogens with zero attached hydrogens (tertiary/aromatic N) is 1. The van der Waals surface area contributed by atoms with E-state index in [9.17, 15) is 13.2 Å². The third kappa shape index (κ3) is 2.89. The standard InChI is InChI=1S/C18H15F3N2S/c1-11-4-3-5-12(2)16(11)23-15(10-24-17(23)22)13-6-8-14(9-7-13)18(19,20)21/h3-10,22H,1-2H3. The molecular weight excluding hydrogens is 333 g/mol. The predicted molar refractivity (Wildman–Crippen MR) is 89.4 cm³/mol. The predicted octanol–water partition coefficient (Wildman–Crippen LogP) is 5.32. The molecule has 0 radical (unpaired) electrons. The van der Waals surface area contributed by atoms with E-state index in [1.807, 2.05) is 32.0 Å². The molecule has 1 heterocycles. The Kier molecular flexibility index (Phi) is 4.09. The lowest BCUT2D eigenvalue weighted by Gasteiger charge is -2.15. The number of hydrogen-bond acceptors (Lipinski definition) is 2. The molecule has 0 aliphatic carbocycles. The lowest BCUT2D eigenvalue weighted by atomic mass is 10.1. The molecule has 0 saturated carbocycles. The van der Waals surface area contributed by atoms with E-state index in [2.05, 4.69) is 0 Å². The lowest BCUT2D eigenvalue weighted by molar-refractivity contribution is -0.137. The number of para-hydroxylation sites is 1. The molecule has 0 bridgehead atoms. The van der Waals surface area contributed by atoms with Crippen LogP contribution in [0.1, 0.15) is 16.7 Å². The Bertz CT molecular complexity index is 914. The summed E-state index contributed by atoms with van der Waals surface area (Å²) in [4.78, 5) is 0.335. The van der Waals surface area contributed by atoms with E-state index in [1.165, 1.54) is 23.5 Å². The van der Waals surface area contributed by atoms with Gasteiger partial charge in [0, 0.05) is 5.38 Å². The first-order chi connectivity index (χ1) is 11.3. The number of aromatic nitrogens is 1. The highest BCUT2D eigenvalue weighted by molar-refractivity contribution is 7.07. The molecule has 24 heavy (non-hydrogen) atoms. The number of halogens is 3. The smallest absolute Gasteiger partial charge is 0.285 e. The molecule has 0 spiro atoms. The minimum Gasteiger partial charge on any atom is -0.285 e. The average Bonchev–Trinajstić information content (AvgIpc) is 2.88. The van der Waals surface area contributed by atoms with Crippen LogP contribution in [0, 0.1) is 19.3 Å². The average molecular weight is 348 g/mol. The number of aryl methyl sites for hydroxylation is 2. The molecule has 0 fully saturated rings. The van der Waals surface area contributed by atoms with E-state index < -0.39 is 11.7 Å². The Morgan fingerprint density at radius 1 is 0.958 bits per heavy atom. The molecule has 0 aliphatic heterocycles. The van der Waals surface area contributed by atoms with Crippen LogP contribution in [0.15, 0.2) is 47.8 Å². The van der Waals surface area contributed by atoms with Gasteiger partial charge in [-0.1, -0.05) is 30.3 Å². The van der Waals surface area contributed by atoms with Crippen LogP contribution in [-0.2, 0) is 6.18 Å². The van der Waals surface area contributed by atoms with Gasteiger partial charge in [-0.25, -0.2) is 0 Å². The van der Waals surface area contributed by atoms with Gasteiger partial charge in [0.05, 0.1) is 16.9 Å². The fourth-order valence-electron chi connectivity index (χ4n) is 2.73. The third-order valence-corrected chi connectivity index (χ3v) is 4.64. The van der Waals surface area contributed by atoms with Crippen LogP contribution in [0.3, 0.4) is 0 Å². The summed E-state index contributed by atoms with van der Waals surface area (Å²) in [6.07, 6.45) is -4.35. The Labute approximate surface area is 141 Å². The monoisotopic (exact) mass is 348 g/mol. The molecule has 0 saturated heterocycles. The number of benzene rings is 2. The van der Waals surface area contributed by atoms with Crippen LogP contribution < -0.4 is 4.80 Å². The van der Waals surface area contributed by atoms with Crippen LogP contribution in [-0.4, -0.2) is 4.57 Å². The summed E-state index contributed by atoms with van der Waals surface area (Å²) in [5.41, 5.74) is 3.63. The molecule has 3 aromatic rings. The van der Waals surface area contributed by atoms with Gasteiger partial charge < -0.3 is 0 Å². The number of nitrogens with one attached hydrogen (secondary N) is 1. The maximum Gasteiger partial charge on any atom is 0.416 e. The molecule has 0 unspecified atom stereocenters. The maximum absolute atomic E-state index is 12.7. The third-order valence-electron chi connectivity index (χ3n) is 3.90. The van der Waals surface area contributed by atoms with Crippen molar-refractivity contribution in [2.75, 3.05) is 0 Å². The molecule has 2 nitrogen and oxygen atoms in total. The fourth-order valence-corrected chi connectivity index (χ4v) is 3.49. The van der Waals surface area contributed by atoms with Gasteiger partial charge in [-0.3, -0.25) is 9.98 Å². The van der Waals surface area contributed by atoms with Crippen LogP contribution in [0.2, 0.25) is 0 Å². The van der Waals surface area contributed by atoms with Crippen molar-refractivity contribution in [1.82, 2.24) is 4.57 Å². The molecule has 0 amide bonds. The van der Waals surface area contributed by atoms with E-state index in [1.54, 1.807) is 9.95 Å². The first-order valence-electron chi connectivity index (χ1n) is 7.28. The summed E-state index contributed by atoms with van der Waals surface area (Å²) in [7, 11) is 0. The van der Waals surface area contributed by atoms with Crippen LogP contribution in [0.5, 0.6) is 0 Å². The van der Waals surface area contributed by atoms with E-state index in [4.69, 9.17) is 5.41 Å². The van der Waals surface area contributed by atoms with Crippen molar-refractivity contribution < 1.29 is 13.2 Å². The van der Waals surface area contributed by atoms with Gasteiger partial charge in [0.2, 0.25) is 0 Å². The quantitative estimate of drug-likeness (QED) is 0.649. The molecular formula is C18H15F3N2S. The van der Waals surface area contributed by atoms with Gasteiger partial charge in [0.25, 0.3) is 0 Å². The zero-order valence-electron chi connectivity index (χ0n) is 13.1. The summed E-state index contributed by atoms with van der Waals surface area (Å²) in [5.74, 6) is 0. The second kappa shape index (κ2) is 5.94. The molecule has 2 aromatic carbocycles. The summed E-state index contributed by atoms with van der Waals surface area (Å²) < 4.78 is 40.0. The molecule has 6 heteroatoms. The highest BCUT2D eigenvalue weighted by Gasteiger charge is 2.30. The van der Waals surface area contributed by atoms with E-state index >= 15 is 0 Å². The van der Waals surface area contributed by atoms with E-state index in [0.29, 0.717) is 10.4 Å². The van der Waals surface area contributed by atoms with Gasteiger partial charge in [-0.15, -0.1) is 11.3 Å². The van der Waals surface area contributed by atoms with Crippen molar-refractivity contribution in [2.45, 2.75) is 20.0 Å². The first-order valence-corrected chi connectivity index (χ1v) is 8.16. The first kappa shape index (κ1) is 16.5. The van der Waals surface area contributed by atoms with Gasteiger partial charge in [-0.05, 0) is 42.7 Å². The van der Waals surface area contributed by atoms with Crippen molar-refractivity contribution in [3.63, 3.8) is 0 Å². The van der Waals surface area contributed by atoms with E-state index in [-0.39, 0.29) is 0 Å². The van der Waals surface area contributed by atoms with Gasteiger partial charge >= 0.3 is 6.18 Å². The topological polar surface area (TPSA) is 28.8 Å². The number of rotatable bonds is 2. The second-order valence-electron chi connectivity index (χ2n) is 5.58. The second-order valence-corrected chi connectivity index (χ2v) is 6.44. The lowest BCUT2D eigenvalue weighted by Crippen LogP contribution is -2.14. The maximum atomic E-state index is 12.7. The molecule has 0 atom stereocenters.